The van der Waals surface area contributed by atoms with Gasteiger partial charge >= 0.3 is 0 Å². The molecule has 1 saturated heterocycles. The number of hydrogen-bond acceptors (Lipinski definition) is 4. The summed E-state index contributed by atoms with van der Waals surface area (Å²) in [5.41, 5.74) is 1.15. The van der Waals surface area contributed by atoms with Crippen LogP contribution in [-0.4, -0.2) is 58.1 Å². The molecule has 146 valence electrons. The molecule has 0 aliphatic carbocycles. The van der Waals surface area contributed by atoms with E-state index in [0.717, 1.165) is 62.8 Å². The molecule has 0 bridgehead atoms. The molecule has 1 atom stereocenters. The van der Waals surface area contributed by atoms with E-state index < -0.39 is 0 Å². The van der Waals surface area contributed by atoms with E-state index in [9.17, 15) is 0 Å². The second-order valence-electron chi connectivity index (χ2n) is 6.36. The highest BCUT2D eigenvalue weighted by molar-refractivity contribution is 5.79. The minimum Gasteiger partial charge on any atom is -0.491 e. The maximum Gasteiger partial charge on any atom is 0.191 e. The third-order valence-electron chi connectivity index (χ3n) is 4.13. The molecule has 2 N–H and O–H groups in total. The zero-order valence-corrected chi connectivity index (χ0v) is 16.1. The number of benzene rings is 1. The summed E-state index contributed by atoms with van der Waals surface area (Å²) in [6, 6.07) is 8.05. The Hall–Kier alpha value is -1.79. The van der Waals surface area contributed by atoms with Crippen molar-refractivity contribution in [2.45, 2.75) is 39.2 Å². The van der Waals surface area contributed by atoms with Crippen LogP contribution in [0.2, 0.25) is 0 Å². The van der Waals surface area contributed by atoms with E-state index in [0.29, 0.717) is 25.9 Å². The molecule has 6 heteroatoms. The minimum absolute atomic E-state index is 0.297. The normalized spacial score (nSPS) is 17.3. The Balaban J connectivity index is 1.57. The molecule has 0 radical (unpaired) electrons. The Bertz CT molecular complexity index is 531. The van der Waals surface area contributed by atoms with E-state index in [1.807, 2.05) is 18.2 Å². The fraction of sp³-hybridized carbons (Fsp3) is 0.650. The van der Waals surface area contributed by atoms with Gasteiger partial charge in [-0.1, -0.05) is 18.2 Å². The van der Waals surface area contributed by atoms with E-state index in [1.54, 1.807) is 0 Å². The summed E-state index contributed by atoms with van der Waals surface area (Å²) in [6.45, 7) is 9.29. The molecule has 0 amide bonds. The monoisotopic (exact) mass is 363 g/mol. The number of hydrogen-bond donors (Lipinski definition) is 2. The number of nitrogens with one attached hydrogen (secondary N) is 2. The highest BCUT2D eigenvalue weighted by Gasteiger charge is 2.14. The molecule has 1 unspecified atom stereocenters. The first-order valence-corrected chi connectivity index (χ1v) is 9.69. The van der Waals surface area contributed by atoms with Crippen LogP contribution in [0.15, 0.2) is 29.3 Å². The van der Waals surface area contributed by atoms with Gasteiger partial charge in [-0.2, -0.15) is 0 Å². The average Bonchev–Trinajstić information content (AvgIpc) is 3.16. The Morgan fingerprint density at radius 3 is 2.92 bits per heavy atom. The number of para-hydroxylation sites is 1. The van der Waals surface area contributed by atoms with Crippen molar-refractivity contribution in [1.29, 1.82) is 0 Å². The van der Waals surface area contributed by atoms with Crippen LogP contribution in [0.25, 0.3) is 0 Å². The van der Waals surface area contributed by atoms with Gasteiger partial charge in [-0.25, -0.2) is 0 Å². The summed E-state index contributed by atoms with van der Waals surface area (Å²) >= 11 is 0. The Labute approximate surface area is 157 Å². The van der Waals surface area contributed by atoms with Gasteiger partial charge in [-0.05, 0) is 44.7 Å². The quantitative estimate of drug-likeness (QED) is 0.359. The molecule has 6 nitrogen and oxygen atoms in total. The molecule has 0 saturated carbocycles. The molecule has 26 heavy (non-hydrogen) atoms. The van der Waals surface area contributed by atoms with Crippen LogP contribution in [0.3, 0.4) is 0 Å². The van der Waals surface area contributed by atoms with Crippen molar-refractivity contribution in [1.82, 2.24) is 10.6 Å². The van der Waals surface area contributed by atoms with Gasteiger partial charge in [0.05, 0.1) is 19.3 Å². The average molecular weight is 364 g/mol. The van der Waals surface area contributed by atoms with Crippen LogP contribution in [0.5, 0.6) is 5.75 Å². The fourth-order valence-corrected chi connectivity index (χ4v) is 2.74. The first kappa shape index (κ1) is 20.5. The summed E-state index contributed by atoms with van der Waals surface area (Å²) in [7, 11) is 0. The standard InChI is InChI=1S/C20H33N3O3/c1-3-21-20(22-11-7-13-24-16-18-9-6-14-25-18)23-12-15-26-19-10-5-4-8-17(19)2/h4-5,8,10,18H,3,6-7,9,11-16H2,1-2H3,(H2,21,22,23). The van der Waals surface area contributed by atoms with Crippen LogP contribution in [0.1, 0.15) is 31.7 Å². The molecular weight excluding hydrogens is 330 g/mol. The van der Waals surface area contributed by atoms with Crippen molar-refractivity contribution in [2.75, 3.05) is 46.1 Å². The fourth-order valence-electron chi connectivity index (χ4n) is 2.74. The third-order valence-corrected chi connectivity index (χ3v) is 4.13. The maximum atomic E-state index is 5.79. The smallest absolute Gasteiger partial charge is 0.191 e. The zero-order chi connectivity index (χ0) is 18.5. The van der Waals surface area contributed by atoms with Crippen molar-refractivity contribution >= 4 is 5.96 Å². The van der Waals surface area contributed by atoms with Gasteiger partial charge in [0.15, 0.2) is 5.96 Å². The highest BCUT2D eigenvalue weighted by atomic mass is 16.5. The molecule has 1 aliphatic heterocycles. The lowest BCUT2D eigenvalue weighted by molar-refractivity contribution is 0.0171. The molecule has 0 aromatic heterocycles. The Morgan fingerprint density at radius 2 is 2.15 bits per heavy atom. The van der Waals surface area contributed by atoms with E-state index in [2.05, 4.69) is 35.5 Å². The Morgan fingerprint density at radius 1 is 1.27 bits per heavy atom. The SMILES string of the molecule is CCNC(=NCCCOCC1CCCO1)NCCOc1ccccc1C. The summed E-state index contributed by atoms with van der Waals surface area (Å²) in [5, 5.41) is 6.55. The van der Waals surface area contributed by atoms with E-state index >= 15 is 0 Å². The zero-order valence-electron chi connectivity index (χ0n) is 16.1. The molecular formula is C20H33N3O3. The van der Waals surface area contributed by atoms with Gasteiger partial charge in [0.25, 0.3) is 0 Å². The molecule has 0 spiro atoms. The second-order valence-corrected chi connectivity index (χ2v) is 6.36. The van der Waals surface area contributed by atoms with Gasteiger partial charge in [0.1, 0.15) is 12.4 Å². The lowest BCUT2D eigenvalue weighted by Crippen LogP contribution is -2.39. The van der Waals surface area contributed by atoms with Gasteiger partial charge in [-0.3, -0.25) is 4.99 Å². The van der Waals surface area contributed by atoms with Gasteiger partial charge in [0.2, 0.25) is 0 Å². The minimum atomic E-state index is 0.297. The Kier molecular flexibility index (Phi) is 9.90. The van der Waals surface area contributed by atoms with Gasteiger partial charge in [-0.15, -0.1) is 0 Å². The maximum absolute atomic E-state index is 5.79. The van der Waals surface area contributed by atoms with Crippen LogP contribution in [0.4, 0.5) is 0 Å². The van der Waals surface area contributed by atoms with E-state index in [-0.39, 0.29) is 0 Å². The van der Waals surface area contributed by atoms with Crippen molar-refractivity contribution < 1.29 is 14.2 Å². The predicted molar refractivity (Wildman–Crippen MR) is 105 cm³/mol. The molecule has 1 aromatic rings. The van der Waals surface area contributed by atoms with E-state index in [4.69, 9.17) is 14.2 Å². The number of guanidine groups is 1. The van der Waals surface area contributed by atoms with Gasteiger partial charge in [0, 0.05) is 26.3 Å². The van der Waals surface area contributed by atoms with Gasteiger partial charge < -0.3 is 24.8 Å². The molecule has 1 aromatic carbocycles. The van der Waals surface area contributed by atoms with Crippen molar-refractivity contribution in [3.8, 4) is 5.75 Å². The predicted octanol–water partition coefficient (Wildman–Crippen LogP) is 2.51. The molecule has 2 rings (SSSR count). The number of ether oxygens (including phenoxy) is 3. The summed E-state index contributed by atoms with van der Waals surface area (Å²) in [5.74, 6) is 1.75. The first-order valence-electron chi connectivity index (χ1n) is 9.69. The van der Waals surface area contributed by atoms with Crippen molar-refractivity contribution in [3.63, 3.8) is 0 Å². The summed E-state index contributed by atoms with van der Waals surface area (Å²) in [6.07, 6.45) is 3.48. The molecule has 1 aliphatic rings. The molecule has 1 heterocycles. The van der Waals surface area contributed by atoms with Crippen LogP contribution in [-0.2, 0) is 9.47 Å². The van der Waals surface area contributed by atoms with Crippen molar-refractivity contribution in [2.24, 2.45) is 4.99 Å². The number of aliphatic imine (C=N–C) groups is 1. The van der Waals surface area contributed by atoms with Crippen LogP contribution in [0, 0.1) is 6.92 Å². The first-order chi connectivity index (χ1) is 12.8. The second kappa shape index (κ2) is 12.5. The van der Waals surface area contributed by atoms with Crippen LogP contribution >= 0.6 is 0 Å². The summed E-state index contributed by atoms with van der Waals surface area (Å²) in [4.78, 5) is 4.57. The largest absolute Gasteiger partial charge is 0.491 e. The van der Waals surface area contributed by atoms with Crippen LogP contribution < -0.4 is 15.4 Å². The topological polar surface area (TPSA) is 64.1 Å². The highest BCUT2D eigenvalue weighted by Crippen LogP contribution is 2.15. The summed E-state index contributed by atoms with van der Waals surface area (Å²) < 4.78 is 17.0. The number of rotatable bonds is 11. The third kappa shape index (κ3) is 8.06. The number of aryl methyl sites for hydroxylation is 1. The molecule has 1 fully saturated rings. The number of nitrogens with zero attached hydrogens (tertiary/aromatic N) is 1. The lowest BCUT2D eigenvalue weighted by atomic mass is 10.2. The lowest BCUT2D eigenvalue weighted by Gasteiger charge is -2.13. The van der Waals surface area contributed by atoms with E-state index in [1.165, 1.54) is 0 Å². The van der Waals surface area contributed by atoms with Crippen molar-refractivity contribution in [3.05, 3.63) is 29.8 Å².